The zero-order chi connectivity index (χ0) is 16.8. The van der Waals surface area contributed by atoms with E-state index in [-0.39, 0.29) is 5.75 Å². The largest absolute Gasteiger partial charge is 0.435 e. The van der Waals surface area contributed by atoms with E-state index >= 15 is 0 Å². The van der Waals surface area contributed by atoms with Crippen molar-refractivity contribution in [3.63, 3.8) is 0 Å². The van der Waals surface area contributed by atoms with Crippen LogP contribution in [0.3, 0.4) is 0 Å². The lowest BCUT2D eigenvalue weighted by Gasteiger charge is -2.05. The summed E-state index contributed by atoms with van der Waals surface area (Å²) in [6.07, 6.45) is 2.43. The average molecular weight is 325 g/mol. The van der Waals surface area contributed by atoms with Crippen molar-refractivity contribution in [2.75, 3.05) is 5.32 Å². The summed E-state index contributed by atoms with van der Waals surface area (Å²) in [5.74, 6) is -2.53. The fourth-order valence-corrected chi connectivity index (χ4v) is 1.71. The molecule has 2 aromatic carbocycles. The molecule has 120 valence electrons. The number of benzene rings is 2. The molecule has 0 aliphatic carbocycles. The minimum Gasteiger partial charge on any atom is -0.435 e. The first-order valence-electron chi connectivity index (χ1n) is 6.43. The van der Waals surface area contributed by atoms with Gasteiger partial charge < -0.3 is 10.1 Å². The van der Waals surface area contributed by atoms with Crippen LogP contribution in [0.1, 0.15) is 5.56 Å². The Morgan fingerprint density at radius 1 is 1.04 bits per heavy atom. The number of ether oxygens (including phenoxy) is 1. The van der Waals surface area contributed by atoms with E-state index in [0.717, 1.165) is 18.2 Å². The highest BCUT2D eigenvalue weighted by Gasteiger charge is 2.10. The number of carbonyl (C=O) groups is 1. The SMILES string of the molecule is O=C(C=Cc1ccc(OC(F)F)cc1)Nc1c(F)cccc1F. The number of carbonyl (C=O) groups excluding carboxylic acids is 1. The standard InChI is InChI=1S/C16H11F4NO2/c17-12-2-1-3-13(18)15(12)21-14(22)9-6-10-4-7-11(8-5-10)23-16(19)20/h1-9,16H,(H,21,22). The molecule has 0 heterocycles. The van der Waals surface area contributed by atoms with E-state index < -0.39 is 29.8 Å². The van der Waals surface area contributed by atoms with Gasteiger partial charge in [0.2, 0.25) is 5.91 Å². The maximum absolute atomic E-state index is 13.4. The molecule has 0 bridgehead atoms. The molecule has 1 N–H and O–H groups in total. The highest BCUT2D eigenvalue weighted by atomic mass is 19.3. The molecule has 2 rings (SSSR count). The zero-order valence-electron chi connectivity index (χ0n) is 11.6. The molecule has 3 nitrogen and oxygen atoms in total. The molecule has 0 saturated heterocycles. The number of anilines is 1. The third kappa shape index (κ3) is 4.84. The molecular formula is C16H11F4NO2. The fraction of sp³-hybridized carbons (Fsp3) is 0.0625. The van der Waals surface area contributed by atoms with Crippen molar-refractivity contribution in [3.8, 4) is 5.75 Å². The maximum Gasteiger partial charge on any atom is 0.387 e. The average Bonchev–Trinajstić information content (AvgIpc) is 2.50. The molecule has 23 heavy (non-hydrogen) atoms. The van der Waals surface area contributed by atoms with Crippen molar-refractivity contribution in [1.29, 1.82) is 0 Å². The van der Waals surface area contributed by atoms with Crippen LogP contribution in [0.25, 0.3) is 6.08 Å². The Labute approximate surface area is 129 Å². The highest BCUT2D eigenvalue weighted by molar-refractivity contribution is 6.02. The summed E-state index contributed by atoms with van der Waals surface area (Å²) >= 11 is 0. The van der Waals surface area contributed by atoms with Crippen LogP contribution in [-0.2, 0) is 4.79 Å². The summed E-state index contributed by atoms with van der Waals surface area (Å²) in [6, 6.07) is 8.73. The predicted molar refractivity (Wildman–Crippen MR) is 77.1 cm³/mol. The number of hydrogen-bond acceptors (Lipinski definition) is 2. The molecule has 0 radical (unpaired) electrons. The zero-order valence-corrected chi connectivity index (χ0v) is 11.6. The lowest BCUT2D eigenvalue weighted by Crippen LogP contribution is -2.10. The molecule has 0 aliphatic heterocycles. The molecule has 0 aromatic heterocycles. The van der Waals surface area contributed by atoms with E-state index in [2.05, 4.69) is 10.1 Å². The summed E-state index contributed by atoms with van der Waals surface area (Å²) in [5, 5.41) is 2.09. The van der Waals surface area contributed by atoms with Gasteiger partial charge in [0.1, 0.15) is 23.1 Å². The van der Waals surface area contributed by atoms with Crippen molar-refractivity contribution in [3.05, 3.63) is 65.7 Å². The number of alkyl halides is 2. The minimum absolute atomic E-state index is 0.0185. The Hall–Kier alpha value is -2.83. The summed E-state index contributed by atoms with van der Waals surface area (Å²) in [4.78, 5) is 11.6. The number of amides is 1. The number of para-hydroxylation sites is 1. The van der Waals surface area contributed by atoms with Gasteiger partial charge in [0.25, 0.3) is 0 Å². The van der Waals surface area contributed by atoms with Gasteiger partial charge >= 0.3 is 6.61 Å². The van der Waals surface area contributed by atoms with Crippen LogP contribution in [0.2, 0.25) is 0 Å². The first-order chi connectivity index (χ1) is 11.0. The summed E-state index contributed by atoms with van der Waals surface area (Å²) < 4.78 is 54.9. The molecule has 0 fully saturated rings. The van der Waals surface area contributed by atoms with E-state index in [9.17, 15) is 22.4 Å². The van der Waals surface area contributed by atoms with Crippen LogP contribution >= 0.6 is 0 Å². The van der Waals surface area contributed by atoms with Crippen LogP contribution in [0.15, 0.2) is 48.5 Å². The highest BCUT2D eigenvalue weighted by Crippen LogP contribution is 2.18. The maximum atomic E-state index is 13.4. The van der Waals surface area contributed by atoms with Crippen LogP contribution < -0.4 is 10.1 Å². The Kier molecular flexibility index (Phi) is 5.35. The van der Waals surface area contributed by atoms with Crippen LogP contribution in [-0.4, -0.2) is 12.5 Å². The van der Waals surface area contributed by atoms with Crippen LogP contribution in [0.5, 0.6) is 5.75 Å². The van der Waals surface area contributed by atoms with E-state index in [1.54, 1.807) is 0 Å². The second-order valence-electron chi connectivity index (χ2n) is 4.37. The van der Waals surface area contributed by atoms with Crippen LogP contribution in [0.4, 0.5) is 23.2 Å². The third-order valence-corrected chi connectivity index (χ3v) is 2.74. The van der Waals surface area contributed by atoms with Gasteiger partial charge in [-0.3, -0.25) is 4.79 Å². The Bertz CT molecular complexity index is 694. The minimum atomic E-state index is -2.92. The van der Waals surface area contributed by atoms with Gasteiger partial charge in [-0.2, -0.15) is 8.78 Å². The monoisotopic (exact) mass is 325 g/mol. The Morgan fingerprint density at radius 3 is 2.22 bits per heavy atom. The molecule has 1 amide bonds. The molecule has 7 heteroatoms. The van der Waals surface area contributed by atoms with Crippen molar-refractivity contribution in [1.82, 2.24) is 0 Å². The third-order valence-electron chi connectivity index (χ3n) is 2.74. The molecule has 0 unspecified atom stereocenters. The molecule has 0 saturated carbocycles. The number of hydrogen-bond donors (Lipinski definition) is 1. The molecule has 0 aliphatic rings. The van der Waals surface area contributed by atoms with Crippen molar-refractivity contribution in [2.24, 2.45) is 0 Å². The molecule has 2 aromatic rings. The Balaban J connectivity index is 2.01. The molecule has 0 spiro atoms. The van der Waals surface area contributed by atoms with Gasteiger partial charge in [0, 0.05) is 6.08 Å². The number of rotatable bonds is 5. The van der Waals surface area contributed by atoms with E-state index in [0.29, 0.717) is 5.56 Å². The number of nitrogens with one attached hydrogen (secondary N) is 1. The van der Waals surface area contributed by atoms with Crippen molar-refractivity contribution < 1.29 is 27.1 Å². The van der Waals surface area contributed by atoms with E-state index in [1.807, 2.05) is 0 Å². The smallest absolute Gasteiger partial charge is 0.387 e. The molecule has 0 atom stereocenters. The first kappa shape index (κ1) is 16.5. The predicted octanol–water partition coefficient (Wildman–Crippen LogP) is 4.22. The van der Waals surface area contributed by atoms with Crippen molar-refractivity contribution in [2.45, 2.75) is 6.61 Å². The Morgan fingerprint density at radius 2 is 1.65 bits per heavy atom. The topological polar surface area (TPSA) is 38.3 Å². The van der Waals surface area contributed by atoms with E-state index in [1.165, 1.54) is 36.4 Å². The normalized spacial score (nSPS) is 11.0. The summed E-state index contributed by atoms with van der Waals surface area (Å²) in [6.45, 7) is -2.92. The second kappa shape index (κ2) is 7.44. The van der Waals surface area contributed by atoms with Crippen LogP contribution in [0, 0.1) is 11.6 Å². The molecular weight excluding hydrogens is 314 g/mol. The van der Waals surface area contributed by atoms with Gasteiger partial charge in [0.05, 0.1) is 0 Å². The second-order valence-corrected chi connectivity index (χ2v) is 4.37. The quantitative estimate of drug-likeness (QED) is 0.660. The van der Waals surface area contributed by atoms with Gasteiger partial charge in [-0.1, -0.05) is 18.2 Å². The lowest BCUT2D eigenvalue weighted by atomic mass is 10.2. The summed E-state index contributed by atoms with van der Waals surface area (Å²) in [5.41, 5.74) is -0.0152. The lowest BCUT2D eigenvalue weighted by molar-refractivity contribution is -0.111. The van der Waals surface area contributed by atoms with Gasteiger partial charge in [-0.25, -0.2) is 8.78 Å². The summed E-state index contributed by atoms with van der Waals surface area (Å²) in [7, 11) is 0. The van der Waals surface area contributed by atoms with Gasteiger partial charge in [0.15, 0.2) is 0 Å². The van der Waals surface area contributed by atoms with Gasteiger partial charge in [-0.05, 0) is 35.9 Å². The van der Waals surface area contributed by atoms with E-state index in [4.69, 9.17) is 0 Å². The number of halogens is 4. The van der Waals surface area contributed by atoms with Crippen molar-refractivity contribution >= 4 is 17.7 Å². The van der Waals surface area contributed by atoms with Gasteiger partial charge in [-0.15, -0.1) is 0 Å². The fourth-order valence-electron chi connectivity index (χ4n) is 1.71. The first-order valence-corrected chi connectivity index (χ1v) is 6.43.